The number of H-pyrrole nitrogens is 1. The Morgan fingerprint density at radius 2 is 2.22 bits per heavy atom. The Balaban J connectivity index is 1.65. The van der Waals surface area contributed by atoms with E-state index in [1.54, 1.807) is 13.2 Å². The van der Waals surface area contributed by atoms with Crippen molar-refractivity contribution < 1.29 is 9.53 Å². The zero-order valence-electron chi connectivity index (χ0n) is 15.9. The average Bonchev–Trinajstić information content (AvgIpc) is 3.11. The molecule has 1 aliphatic rings. The van der Waals surface area contributed by atoms with Crippen molar-refractivity contribution in [1.82, 2.24) is 19.8 Å². The van der Waals surface area contributed by atoms with Crippen molar-refractivity contribution in [1.29, 1.82) is 0 Å². The van der Waals surface area contributed by atoms with Crippen molar-refractivity contribution in [2.75, 3.05) is 33.0 Å². The Bertz CT molecular complexity index is 895. The fourth-order valence-electron chi connectivity index (χ4n) is 3.42. The van der Waals surface area contributed by atoms with Gasteiger partial charge in [-0.15, -0.1) is 0 Å². The highest BCUT2D eigenvalue weighted by Crippen LogP contribution is 2.23. The molecule has 1 atom stereocenters. The number of likely N-dealkylation sites (N-methyl/N-ethyl adjacent to an activating group) is 1. The first-order chi connectivity index (χ1) is 12.9. The number of amides is 1. The molecule has 1 amide bonds. The number of carbonyl (C=O) groups is 1. The van der Waals surface area contributed by atoms with Crippen LogP contribution < -0.4 is 16.0 Å². The zero-order valence-corrected chi connectivity index (χ0v) is 15.9. The van der Waals surface area contributed by atoms with Gasteiger partial charge in [-0.05, 0) is 38.1 Å². The van der Waals surface area contributed by atoms with Gasteiger partial charge in [-0.1, -0.05) is 6.07 Å². The molecule has 144 valence electrons. The first kappa shape index (κ1) is 18.9. The Kier molecular flexibility index (Phi) is 5.46. The van der Waals surface area contributed by atoms with E-state index in [4.69, 9.17) is 10.5 Å². The van der Waals surface area contributed by atoms with Gasteiger partial charge in [-0.3, -0.25) is 19.5 Å². The molecule has 1 fully saturated rings. The largest absolute Gasteiger partial charge is 0.496 e. The predicted molar refractivity (Wildman–Crippen MR) is 103 cm³/mol. The predicted octanol–water partition coefficient (Wildman–Crippen LogP) is 1.02. The molecule has 1 aromatic heterocycles. The summed E-state index contributed by atoms with van der Waals surface area (Å²) in [5, 5.41) is 0. The number of ether oxygens (including phenoxy) is 1. The van der Waals surface area contributed by atoms with Gasteiger partial charge in [0.15, 0.2) is 0 Å². The second kappa shape index (κ2) is 7.79. The van der Waals surface area contributed by atoms with E-state index in [0.717, 1.165) is 12.0 Å². The smallest absolute Gasteiger partial charge is 0.254 e. The van der Waals surface area contributed by atoms with Crippen molar-refractivity contribution >= 4 is 11.9 Å². The Labute approximate surface area is 158 Å². The fourth-order valence-corrected chi connectivity index (χ4v) is 3.42. The molecule has 3 rings (SSSR count). The summed E-state index contributed by atoms with van der Waals surface area (Å²) in [6.45, 7) is 3.77. The van der Waals surface area contributed by atoms with E-state index in [0.29, 0.717) is 36.6 Å². The van der Waals surface area contributed by atoms with Crippen LogP contribution in [-0.2, 0) is 6.54 Å². The fraction of sp³-hybridized carbons (Fsp3) is 0.421. The van der Waals surface area contributed by atoms with Crippen LogP contribution in [0.15, 0.2) is 29.1 Å². The molecule has 1 saturated heterocycles. The number of rotatable bonds is 5. The molecule has 0 spiro atoms. The van der Waals surface area contributed by atoms with E-state index in [-0.39, 0.29) is 23.5 Å². The summed E-state index contributed by atoms with van der Waals surface area (Å²) in [6.07, 6.45) is 0.865. The summed E-state index contributed by atoms with van der Waals surface area (Å²) in [4.78, 5) is 34.9. The summed E-state index contributed by atoms with van der Waals surface area (Å²) < 4.78 is 5.32. The minimum absolute atomic E-state index is 0.00252. The van der Waals surface area contributed by atoms with E-state index in [9.17, 15) is 9.59 Å². The number of aromatic amines is 1. The van der Waals surface area contributed by atoms with Gasteiger partial charge in [0, 0.05) is 37.3 Å². The number of hydrogen-bond donors (Lipinski definition) is 2. The van der Waals surface area contributed by atoms with Gasteiger partial charge in [-0.2, -0.15) is 0 Å². The Morgan fingerprint density at radius 3 is 2.93 bits per heavy atom. The molecule has 0 unspecified atom stereocenters. The molecule has 1 aromatic carbocycles. The van der Waals surface area contributed by atoms with Crippen LogP contribution in [0.2, 0.25) is 0 Å². The summed E-state index contributed by atoms with van der Waals surface area (Å²) >= 11 is 0. The number of benzene rings is 1. The summed E-state index contributed by atoms with van der Waals surface area (Å²) in [7, 11) is 3.57. The second-order valence-electron chi connectivity index (χ2n) is 6.92. The average molecular weight is 371 g/mol. The van der Waals surface area contributed by atoms with E-state index in [1.165, 1.54) is 6.07 Å². The highest BCUT2D eigenvalue weighted by Gasteiger charge is 2.29. The molecule has 0 aliphatic carbocycles. The Morgan fingerprint density at radius 1 is 1.44 bits per heavy atom. The maximum atomic E-state index is 12.8. The van der Waals surface area contributed by atoms with E-state index in [1.807, 2.05) is 31.0 Å². The molecule has 1 aliphatic heterocycles. The Hall–Kier alpha value is -2.87. The first-order valence-corrected chi connectivity index (χ1v) is 8.87. The summed E-state index contributed by atoms with van der Waals surface area (Å²) in [6, 6.07) is 7.17. The molecule has 3 N–H and O–H groups in total. The van der Waals surface area contributed by atoms with Crippen molar-refractivity contribution in [3.63, 3.8) is 0 Å². The van der Waals surface area contributed by atoms with Crippen molar-refractivity contribution in [2.45, 2.75) is 25.9 Å². The van der Waals surface area contributed by atoms with Gasteiger partial charge in [0.05, 0.1) is 12.8 Å². The van der Waals surface area contributed by atoms with E-state index >= 15 is 0 Å². The lowest BCUT2D eigenvalue weighted by Gasteiger charge is -2.24. The lowest BCUT2D eigenvalue weighted by Crippen LogP contribution is -2.36. The third-order valence-electron chi connectivity index (χ3n) is 4.95. The molecule has 2 heterocycles. The number of nitrogen functional groups attached to an aromatic ring is 1. The number of nitrogens with zero attached hydrogens (tertiary/aromatic N) is 3. The monoisotopic (exact) mass is 371 g/mol. The number of anilines is 1. The quantitative estimate of drug-likeness (QED) is 0.813. The van der Waals surface area contributed by atoms with Gasteiger partial charge >= 0.3 is 0 Å². The van der Waals surface area contributed by atoms with Crippen molar-refractivity contribution in [2.24, 2.45) is 0 Å². The number of nitrogens with two attached hydrogens (primary N) is 1. The lowest BCUT2D eigenvalue weighted by molar-refractivity contribution is 0.0779. The maximum Gasteiger partial charge on any atom is 0.254 e. The lowest BCUT2D eigenvalue weighted by atomic mass is 10.1. The van der Waals surface area contributed by atoms with Crippen LogP contribution >= 0.6 is 0 Å². The van der Waals surface area contributed by atoms with Crippen LogP contribution in [-0.4, -0.2) is 59.0 Å². The number of nitrogens with one attached hydrogen (secondary N) is 1. The minimum Gasteiger partial charge on any atom is -0.496 e. The number of carbonyl (C=O) groups excluding carboxylic acids is 1. The molecule has 0 bridgehead atoms. The maximum absolute atomic E-state index is 12.8. The van der Waals surface area contributed by atoms with Crippen LogP contribution in [0, 0.1) is 6.92 Å². The van der Waals surface area contributed by atoms with E-state index in [2.05, 4.69) is 14.9 Å². The molecule has 8 nitrogen and oxygen atoms in total. The van der Waals surface area contributed by atoms with Gasteiger partial charge in [-0.25, -0.2) is 4.98 Å². The van der Waals surface area contributed by atoms with Gasteiger partial charge in [0.25, 0.3) is 11.5 Å². The topological polar surface area (TPSA) is 105 Å². The van der Waals surface area contributed by atoms with Crippen LogP contribution in [0.5, 0.6) is 5.75 Å². The molecular formula is C19H25N5O3. The molecule has 27 heavy (non-hydrogen) atoms. The molecule has 0 saturated carbocycles. The highest BCUT2D eigenvalue weighted by molar-refractivity contribution is 5.95. The first-order valence-electron chi connectivity index (χ1n) is 8.87. The number of likely N-dealkylation sites (tertiary alicyclic amines) is 1. The zero-order chi connectivity index (χ0) is 19.6. The van der Waals surface area contributed by atoms with Crippen LogP contribution in [0.1, 0.15) is 28.0 Å². The number of hydrogen-bond acceptors (Lipinski definition) is 6. The van der Waals surface area contributed by atoms with Gasteiger partial charge in [0.2, 0.25) is 5.95 Å². The second-order valence-corrected chi connectivity index (χ2v) is 6.92. The molecule has 0 radical (unpaired) electrons. The molecule has 2 aromatic rings. The number of methoxy groups -OCH3 is 1. The number of aromatic nitrogens is 2. The highest BCUT2D eigenvalue weighted by atomic mass is 16.5. The van der Waals surface area contributed by atoms with Gasteiger partial charge < -0.3 is 15.4 Å². The summed E-state index contributed by atoms with van der Waals surface area (Å²) in [5.74, 6) is 0.830. The molecular weight excluding hydrogens is 346 g/mol. The van der Waals surface area contributed by atoms with Crippen molar-refractivity contribution in [3.05, 3.63) is 51.4 Å². The minimum atomic E-state index is -0.262. The molecule has 8 heteroatoms. The summed E-state index contributed by atoms with van der Waals surface area (Å²) in [5.41, 5.74) is 7.58. The van der Waals surface area contributed by atoms with Crippen LogP contribution in [0.25, 0.3) is 0 Å². The third kappa shape index (κ3) is 4.28. The standard InChI is InChI=1S/C19H25N5O3/c1-12-4-5-13(8-16(12)27-3)18(26)24-7-6-15(11-24)23(2)10-14-9-17(25)22-19(20)21-14/h4-5,8-9,15H,6-7,10-11H2,1-3H3,(H3,20,21,22,25)/t15-/m0/s1. The van der Waals surface area contributed by atoms with Crippen molar-refractivity contribution in [3.8, 4) is 5.75 Å². The van der Waals surface area contributed by atoms with Gasteiger partial charge in [0.1, 0.15) is 5.75 Å². The normalized spacial score (nSPS) is 16.7. The number of aryl methyl sites for hydroxylation is 1. The SMILES string of the molecule is COc1cc(C(=O)N2CC[C@H](N(C)Cc3cc(=O)[nH]c(N)n3)C2)ccc1C. The van der Waals surface area contributed by atoms with Crippen LogP contribution in [0.4, 0.5) is 5.95 Å². The third-order valence-corrected chi connectivity index (χ3v) is 4.95. The van der Waals surface area contributed by atoms with Crippen LogP contribution in [0.3, 0.4) is 0 Å². The van der Waals surface area contributed by atoms with E-state index < -0.39 is 0 Å².